The van der Waals surface area contributed by atoms with Crippen LogP contribution >= 0.6 is 0 Å². The van der Waals surface area contributed by atoms with Crippen LogP contribution in [0.3, 0.4) is 0 Å². The Bertz CT molecular complexity index is 382. The van der Waals surface area contributed by atoms with E-state index < -0.39 is 0 Å². The maximum Gasteiger partial charge on any atom is 0.226 e. The molecule has 1 N–H and O–H groups in total. The third kappa shape index (κ3) is 1.46. The predicted molar refractivity (Wildman–Crippen MR) is 47.9 cm³/mol. The number of aliphatic hydroxyl groups is 1. The Balaban J connectivity index is 2.51. The second kappa shape index (κ2) is 3.41. The average molecular weight is 175 g/mol. The lowest BCUT2D eigenvalue weighted by molar-refractivity contribution is 0.282. The topological polar surface area (TPSA) is 46.3 Å². The van der Waals surface area contributed by atoms with Crippen LogP contribution in [0, 0.1) is 0 Å². The fraction of sp³-hybridized carbons (Fsp3) is 0.100. The Morgan fingerprint density at radius 1 is 1.31 bits per heavy atom. The van der Waals surface area contributed by atoms with E-state index in [1.165, 1.54) is 6.26 Å². The van der Waals surface area contributed by atoms with E-state index in [0.29, 0.717) is 5.89 Å². The SMILES string of the molecule is OCc1ccccc1-c1ncco1. The van der Waals surface area contributed by atoms with Crippen molar-refractivity contribution in [2.24, 2.45) is 0 Å². The van der Waals surface area contributed by atoms with Gasteiger partial charge in [-0.1, -0.05) is 18.2 Å². The molecule has 0 saturated carbocycles. The molecule has 1 heterocycles. The molecule has 0 fully saturated rings. The Morgan fingerprint density at radius 2 is 2.15 bits per heavy atom. The van der Waals surface area contributed by atoms with Crippen molar-refractivity contribution in [3.8, 4) is 11.5 Å². The molecule has 0 aliphatic carbocycles. The number of aliphatic hydroxyl groups excluding tert-OH is 1. The van der Waals surface area contributed by atoms with Crippen LogP contribution < -0.4 is 0 Å². The summed E-state index contributed by atoms with van der Waals surface area (Å²) in [6.07, 6.45) is 3.10. The Hall–Kier alpha value is -1.61. The highest BCUT2D eigenvalue weighted by Crippen LogP contribution is 2.21. The molecule has 0 spiro atoms. The molecule has 0 bridgehead atoms. The van der Waals surface area contributed by atoms with Gasteiger partial charge in [-0.05, 0) is 11.6 Å². The number of aromatic nitrogens is 1. The van der Waals surface area contributed by atoms with Crippen molar-refractivity contribution < 1.29 is 9.52 Å². The first kappa shape index (κ1) is 8.01. The van der Waals surface area contributed by atoms with Crippen LogP contribution in [0.15, 0.2) is 41.1 Å². The van der Waals surface area contributed by atoms with Gasteiger partial charge in [-0.15, -0.1) is 0 Å². The van der Waals surface area contributed by atoms with Crippen molar-refractivity contribution in [2.45, 2.75) is 6.61 Å². The molecule has 1 aromatic carbocycles. The van der Waals surface area contributed by atoms with Gasteiger partial charge >= 0.3 is 0 Å². The third-order valence-electron chi connectivity index (χ3n) is 1.85. The molecule has 0 amide bonds. The normalized spacial score (nSPS) is 10.2. The van der Waals surface area contributed by atoms with Crippen molar-refractivity contribution in [3.05, 3.63) is 42.3 Å². The first-order chi connectivity index (χ1) is 6.42. The minimum atomic E-state index is -0.00144. The summed E-state index contributed by atoms with van der Waals surface area (Å²) in [6, 6.07) is 7.48. The Labute approximate surface area is 75.7 Å². The third-order valence-corrected chi connectivity index (χ3v) is 1.85. The van der Waals surface area contributed by atoms with Crippen molar-refractivity contribution in [1.29, 1.82) is 0 Å². The summed E-state index contributed by atoms with van der Waals surface area (Å²) >= 11 is 0. The largest absolute Gasteiger partial charge is 0.445 e. The number of benzene rings is 1. The maximum atomic E-state index is 9.05. The molecule has 0 aliphatic heterocycles. The molecule has 0 atom stereocenters. The number of hydrogen-bond acceptors (Lipinski definition) is 3. The summed E-state index contributed by atoms with van der Waals surface area (Å²) in [5, 5.41) is 9.05. The van der Waals surface area contributed by atoms with Gasteiger partial charge in [-0.2, -0.15) is 0 Å². The molecule has 0 saturated heterocycles. The molecule has 3 heteroatoms. The minimum Gasteiger partial charge on any atom is -0.445 e. The molecule has 2 rings (SSSR count). The van der Waals surface area contributed by atoms with Gasteiger partial charge in [-0.3, -0.25) is 0 Å². The predicted octanol–water partition coefficient (Wildman–Crippen LogP) is 1.83. The van der Waals surface area contributed by atoms with Crippen LogP contribution in [0.25, 0.3) is 11.5 Å². The highest BCUT2D eigenvalue weighted by Gasteiger charge is 2.06. The van der Waals surface area contributed by atoms with Gasteiger partial charge in [0.1, 0.15) is 6.26 Å². The molecular weight excluding hydrogens is 166 g/mol. The summed E-state index contributed by atoms with van der Waals surface area (Å²) in [4.78, 5) is 4.02. The van der Waals surface area contributed by atoms with E-state index in [1.54, 1.807) is 6.20 Å². The fourth-order valence-corrected chi connectivity index (χ4v) is 1.22. The molecule has 0 aliphatic rings. The van der Waals surface area contributed by atoms with E-state index in [-0.39, 0.29) is 6.61 Å². The van der Waals surface area contributed by atoms with E-state index in [4.69, 9.17) is 9.52 Å². The summed E-state index contributed by atoms with van der Waals surface area (Å²) in [5.41, 5.74) is 1.67. The van der Waals surface area contributed by atoms with Crippen molar-refractivity contribution in [2.75, 3.05) is 0 Å². The van der Waals surface area contributed by atoms with Crippen molar-refractivity contribution >= 4 is 0 Å². The van der Waals surface area contributed by atoms with Gasteiger partial charge in [0.05, 0.1) is 12.8 Å². The highest BCUT2D eigenvalue weighted by molar-refractivity contribution is 5.57. The van der Waals surface area contributed by atoms with Crippen LogP contribution in [0.2, 0.25) is 0 Å². The Morgan fingerprint density at radius 3 is 2.85 bits per heavy atom. The van der Waals surface area contributed by atoms with Gasteiger partial charge in [-0.25, -0.2) is 4.98 Å². The first-order valence-corrected chi connectivity index (χ1v) is 4.00. The maximum absolute atomic E-state index is 9.05. The molecule has 66 valence electrons. The molecular formula is C10H9NO2. The van der Waals surface area contributed by atoms with Crippen LogP contribution in [0.5, 0.6) is 0 Å². The van der Waals surface area contributed by atoms with E-state index in [1.807, 2.05) is 24.3 Å². The number of hydrogen-bond donors (Lipinski definition) is 1. The lowest BCUT2D eigenvalue weighted by Crippen LogP contribution is -1.88. The first-order valence-electron chi connectivity index (χ1n) is 4.00. The zero-order valence-corrected chi connectivity index (χ0v) is 6.97. The minimum absolute atomic E-state index is 0.00144. The smallest absolute Gasteiger partial charge is 0.226 e. The van der Waals surface area contributed by atoms with Gasteiger partial charge in [0.25, 0.3) is 0 Å². The highest BCUT2D eigenvalue weighted by atomic mass is 16.3. The van der Waals surface area contributed by atoms with Gasteiger partial charge < -0.3 is 9.52 Å². The second-order valence-corrected chi connectivity index (χ2v) is 2.65. The van der Waals surface area contributed by atoms with Crippen LogP contribution in [-0.4, -0.2) is 10.1 Å². The summed E-state index contributed by atoms with van der Waals surface area (Å²) in [7, 11) is 0. The summed E-state index contributed by atoms with van der Waals surface area (Å²) < 4.78 is 5.14. The monoisotopic (exact) mass is 175 g/mol. The van der Waals surface area contributed by atoms with Crippen molar-refractivity contribution in [1.82, 2.24) is 4.98 Å². The molecule has 2 aromatic rings. The number of nitrogens with zero attached hydrogens (tertiary/aromatic N) is 1. The summed E-state index contributed by atoms with van der Waals surface area (Å²) in [6.45, 7) is -0.00144. The van der Waals surface area contributed by atoms with E-state index in [0.717, 1.165) is 11.1 Å². The number of oxazole rings is 1. The van der Waals surface area contributed by atoms with E-state index in [9.17, 15) is 0 Å². The van der Waals surface area contributed by atoms with Crippen molar-refractivity contribution in [3.63, 3.8) is 0 Å². The molecule has 1 aromatic heterocycles. The Kier molecular flexibility index (Phi) is 2.10. The summed E-state index contributed by atoms with van der Waals surface area (Å²) in [5.74, 6) is 0.546. The fourth-order valence-electron chi connectivity index (χ4n) is 1.22. The second-order valence-electron chi connectivity index (χ2n) is 2.65. The lowest BCUT2D eigenvalue weighted by Gasteiger charge is -2.01. The molecule has 3 nitrogen and oxygen atoms in total. The molecule has 0 radical (unpaired) electrons. The molecule has 0 unspecified atom stereocenters. The lowest BCUT2D eigenvalue weighted by atomic mass is 10.1. The number of rotatable bonds is 2. The van der Waals surface area contributed by atoms with E-state index >= 15 is 0 Å². The quantitative estimate of drug-likeness (QED) is 0.757. The van der Waals surface area contributed by atoms with Crippen LogP contribution in [-0.2, 0) is 6.61 Å². The van der Waals surface area contributed by atoms with Crippen LogP contribution in [0.1, 0.15) is 5.56 Å². The zero-order chi connectivity index (χ0) is 9.10. The van der Waals surface area contributed by atoms with Gasteiger partial charge in [0, 0.05) is 5.56 Å². The molecule has 13 heavy (non-hydrogen) atoms. The van der Waals surface area contributed by atoms with E-state index in [2.05, 4.69) is 4.98 Å². The standard InChI is InChI=1S/C10H9NO2/c12-7-8-3-1-2-4-9(8)10-11-5-6-13-10/h1-6,12H,7H2. The average Bonchev–Trinajstić information content (AvgIpc) is 2.70. The zero-order valence-electron chi connectivity index (χ0n) is 6.97. The van der Waals surface area contributed by atoms with Gasteiger partial charge in [0.15, 0.2) is 0 Å². The van der Waals surface area contributed by atoms with Gasteiger partial charge in [0.2, 0.25) is 5.89 Å². The van der Waals surface area contributed by atoms with Crippen LogP contribution in [0.4, 0.5) is 0 Å².